The number of aromatic amines is 1. The van der Waals surface area contributed by atoms with E-state index in [4.69, 9.17) is 0 Å². The number of aromatic nitrogens is 2. The first-order valence-corrected chi connectivity index (χ1v) is 10.4. The van der Waals surface area contributed by atoms with Crippen LogP contribution in [0.15, 0.2) is 88.5 Å². The monoisotopic (exact) mass is 457 g/mol. The van der Waals surface area contributed by atoms with Gasteiger partial charge in [-0.25, -0.2) is 4.68 Å². The number of amides is 1. The molecule has 9 heteroatoms. The highest BCUT2D eigenvalue weighted by atomic mass is 16.3. The van der Waals surface area contributed by atoms with Crippen LogP contribution in [0.1, 0.15) is 10.4 Å². The quantitative estimate of drug-likeness (QED) is 0.330. The molecule has 3 aromatic carbocycles. The van der Waals surface area contributed by atoms with Gasteiger partial charge in [0.25, 0.3) is 17.0 Å². The van der Waals surface area contributed by atoms with Crippen molar-refractivity contribution < 1.29 is 9.90 Å². The lowest BCUT2D eigenvalue weighted by Gasteiger charge is -2.17. The maximum absolute atomic E-state index is 13.5. The molecule has 1 aromatic heterocycles. The molecule has 1 amide bonds. The second-order valence-corrected chi connectivity index (χ2v) is 7.68. The van der Waals surface area contributed by atoms with Crippen LogP contribution in [0.2, 0.25) is 0 Å². The molecular formula is C25H23N5O4. The van der Waals surface area contributed by atoms with E-state index in [1.54, 1.807) is 74.8 Å². The second kappa shape index (κ2) is 9.37. The van der Waals surface area contributed by atoms with E-state index in [0.717, 1.165) is 4.68 Å². The molecule has 9 nitrogen and oxygen atoms in total. The Morgan fingerprint density at radius 1 is 0.853 bits per heavy atom. The molecule has 0 saturated heterocycles. The highest BCUT2D eigenvalue weighted by Gasteiger charge is 2.20. The molecule has 4 rings (SSSR count). The van der Waals surface area contributed by atoms with Crippen molar-refractivity contribution in [1.82, 2.24) is 14.7 Å². The van der Waals surface area contributed by atoms with Crippen LogP contribution in [0.3, 0.4) is 0 Å². The van der Waals surface area contributed by atoms with Gasteiger partial charge in [-0.3, -0.25) is 19.5 Å². The van der Waals surface area contributed by atoms with E-state index in [-0.39, 0.29) is 28.4 Å². The SMILES string of the molecule is CN(C)C(=O)c1cccc(Nc2c(Nc3ccccc3)c(=O)[nH]n(-c3ccccc3)c2=O)c1O. The number of carbonyl (C=O) groups is 1. The largest absolute Gasteiger partial charge is 0.505 e. The summed E-state index contributed by atoms with van der Waals surface area (Å²) in [5.74, 6) is -0.741. The zero-order valence-corrected chi connectivity index (χ0v) is 18.6. The number of benzene rings is 3. The summed E-state index contributed by atoms with van der Waals surface area (Å²) < 4.78 is 1.12. The molecule has 34 heavy (non-hydrogen) atoms. The number of carbonyl (C=O) groups excluding carboxylic acids is 1. The average Bonchev–Trinajstić information content (AvgIpc) is 2.85. The summed E-state index contributed by atoms with van der Waals surface area (Å²) in [7, 11) is 3.14. The first kappa shape index (κ1) is 22.4. The van der Waals surface area contributed by atoms with Crippen molar-refractivity contribution in [2.75, 3.05) is 24.7 Å². The summed E-state index contributed by atoms with van der Waals surface area (Å²) in [4.78, 5) is 40.4. The predicted molar refractivity (Wildman–Crippen MR) is 132 cm³/mol. The Morgan fingerprint density at radius 2 is 1.50 bits per heavy atom. The van der Waals surface area contributed by atoms with Crippen LogP contribution < -0.4 is 21.8 Å². The molecule has 0 fully saturated rings. The van der Waals surface area contributed by atoms with E-state index in [9.17, 15) is 19.5 Å². The lowest BCUT2D eigenvalue weighted by atomic mass is 10.1. The predicted octanol–water partition coefficient (Wildman–Crippen LogP) is 3.42. The average molecular weight is 457 g/mol. The van der Waals surface area contributed by atoms with E-state index in [0.29, 0.717) is 11.4 Å². The number of anilines is 4. The van der Waals surface area contributed by atoms with Gasteiger partial charge in [-0.1, -0.05) is 42.5 Å². The van der Waals surface area contributed by atoms with Gasteiger partial charge in [-0.05, 0) is 36.4 Å². The Kier molecular flexibility index (Phi) is 6.18. The zero-order valence-electron chi connectivity index (χ0n) is 18.6. The van der Waals surface area contributed by atoms with E-state index in [1.165, 1.54) is 17.0 Å². The lowest BCUT2D eigenvalue weighted by Crippen LogP contribution is -2.32. The first-order valence-electron chi connectivity index (χ1n) is 10.4. The molecule has 0 atom stereocenters. The molecule has 4 aromatic rings. The van der Waals surface area contributed by atoms with Gasteiger partial charge in [0.1, 0.15) is 11.4 Å². The molecule has 0 radical (unpaired) electrons. The standard InChI is InChI=1S/C25H23N5O4/c1-29(2)24(33)18-14-9-15-19(22(18)31)27-21-20(26-16-10-5-3-6-11-16)23(32)28-30(25(21)34)17-12-7-4-8-13-17/h3-15,26-27,31H,1-2H3,(H,28,32). The Morgan fingerprint density at radius 3 is 2.15 bits per heavy atom. The van der Waals surface area contributed by atoms with E-state index >= 15 is 0 Å². The molecule has 0 spiro atoms. The molecule has 4 N–H and O–H groups in total. The number of nitrogens with one attached hydrogen (secondary N) is 3. The Balaban J connectivity index is 1.89. The van der Waals surface area contributed by atoms with E-state index < -0.39 is 17.0 Å². The third-order valence-corrected chi connectivity index (χ3v) is 5.10. The van der Waals surface area contributed by atoms with E-state index in [1.807, 2.05) is 6.07 Å². The third-order valence-electron chi connectivity index (χ3n) is 5.10. The van der Waals surface area contributed by atoms with Crippen LogP contribution in [-0.4, -0.2) is 39.8 Å². The van der Waals surface area contributed by atoms with Crippen LogP contribution in [0, 0.1) is 0 Å². The molecule has 0 saturated carbocycles. The number of phenols is 1. The van der Waals surface area contributed by atoms with Crippen LogP contribution in [0.5, 0.6) is 5.75 Å². The number of para-hydroxylation sites is 3. The number of hydrogen-bond donors (Lipinski definition) is 4. The minimum Gasteiger partial charge on any atom is -0.505 e. The van der Waals surface area contributed by atoms with Crippen LogP contribution in [-0.2, 0) is 0 Å². The number of phenolic OH excluding ortho intramolecular Hbond substituents is 1. The van der Waals surface area contributed by atoms with Gasteiger partial charge in [0.15, 0.2) is 5.75 Å². The highest BCUT2D eigenvalue weighted by molar-refractivity contribution is 5.99. The molecule has 1 heterocycles. The number of aromatic hydroxyl groups is 1. The summed E-state index contributed by atoms with van der Waals surface area (Å²) in [5.41, 5.74) is -0.0450. The maximum Gasteiger partial charge on any atom is 0.295 e. The van der Waals surface area contributed by atoms with Crippen LogP contribution in [0.25, 0.3) is 5.69 Å². The van der Waals surface area contributed by atoms with Gasteiger partial charge in [-0.2, -0.15) is 0 Å². The van der Waals surface area contributed by atoms with Gasteiger partial charge < -0.3 is 20.6 Å². The van der Waals surface area contributed by atoms with Crippen molar-refractivity contribution in [2.24, 2.45) is 0 Å². The fourth-order valence-electron chi connectivity index (χ4n) is 3.39. The fraction of sp³-hybridized carbons (Fsp3) is 0.0800. The summed E-state index contributed by atoms with van der Waals surface area (Å²) in [6.07, 6.45) is 0. The summed E-state index contributed by atoms with van der Waals surface area (Å²) >= 11 is 0. The Hall–Kier alpha value is -4.79. The Bertz CT molecular complexity index is 1440. The molecule has 0 bridgehead atoms. The highest BCUT2D eigenvalue weighted by Crippen LogP contribution is 2.32. The first-order chi connectivity index (χ1) is 16.4. The van der Waals surface area contributed by atoms with Crippen molar-refractivity contribution in [3.8, 4) is 11.4 Å². The number of hydrogen-bond acceptors (Lipinski definition) is 6. The zero-order chi connectivity index (χ0) is 24.2. The number of nitrogens with zero attached hydrogens (tertiary/aromatic N) is 2. The molecule has 172 valence electrons. The van der Waals surface area contributed by atoms with Gasteiger partial charge in [0.05, 0.1) is 16.9 Å². The normalized spacial score (nSPS) is 10.5. The fourth-order valence-corrected chi connectivity index (χ4v) is 3.39. The van der Waals surface area contributed by atoms with Gasteiger partial charge >= 0.3 is 0 Å². The van der Waals surface area contributed by atoms with Gasteiger partial charge in [-0.15, -0.1) is 0 Å². The lowest BCUT2D eigenvalue weighted by molar-refractivity contribution is 0.0824. The summed E-state index contributed by atoms with van der Waals surface area (Å²) in [6, 6.07) is 22.1. The van der Waals surface area contributed by atoms with Crippen molar-refractivity contribution >= 4 is 28.7 Å². The van der Waals surface area contributed by atoms with Crippen molar-refractivity contribution in [2.45, 2.75) is 0 Å². The van der Waals surface area contributed by atoms with Crippen molar-refractivity contribution in [3.63, 3.8) is 0 Å². The van der Waals surface area contributed by atoms with Gasteiger partial charge in [0.2, 0.25) is 0 Å². The molecule has 0 aliphatic heterocycles. The smallest absolute Gasteiger partial charge is 0.295 e. The van der Waals surface area contributed by atoms with Gasteiger partial charge in [0, 0.05) is 19.8 Å². The van der Waals surface area contributed by atoms with E-state index in [2.05, 4.69) is 15.7 Å². The van der Waals surface area contributed by atoms with Crippen molar-refractivity contribution in [1.29, 1.82) is 0 Å². The Labute approximate surface area is 194 Å². The molecular weight excluding hydrogens is 434 g/mol. The number of rotatable bonds is 6. The topological polar surface area (TPSA) is 119 Å². The van der Waals surface area contributed by atoms with Crippen LogP contribution >= 0.6 is 0 Å². The minimum atomic E-state index is -0.562. The maximum atomic E-state index is 13.5. The molecule has 0 aliphatic rings. The third kappa shape index (κ3) is 4.40. The molecule has 0 aliphatic carbocycles. The minimum absolute atomic E-state index is 0.0351. The summed E-state index contributed by atoms with van der Waals surface area (Å²) in [6.45, 7) is 0. The summed E-state index contributed by atoms with van der Waals surface area (Å²) in [5, 5.41) is 19.2. The number of H-pyrrole nitrogens is 1. The van der Waals surface area contributed by atoms with Crippen molar-refractivity contribution in [3.05, 3.63) is 105 Å². The van der Waals surface area contributed by atoms with Crippen LogP contribution in [0.4, 0.5) is 22.7 Å². The second-order valence-electron chi connectivity index (χ2n) is 7.68. The molecule has 0 unspecified atom stereocenters.